The summed E-state index contributed by atoms with van der Waals surface area (Å²) in [7, 11) is 0. The Bertz CT molecular complexity index is 388. The highest BCUT2D eigenvalue weighted by molar-refractivity contribution is 7.80. The van der Waals surface area contributed by atoms with Gasteiger partial charge >= 0.3 is 0 Å². The number of hydrogen-bond donors (Lipinski definition) is 1. The Kier molecular flexibility index (Phi) is 4.09. The molecule has 0 saturated heterocycles. The van der Waals surface area contributed by atoms with E-state index in [4.69, 9.17) is 12.2 Å². The van der Waals surface area contributed by atoms with Gasteiger partial charge in [-0.1, -0.05) is 52.4 Å². The predicted molar refractivity (Wildman–Crippen MR) is 73.4 cm³/mol. The monoisotopic (exact) mass is 236 g/mol. The average molecular weight is 236 g/mol. The molecule has 0 aliphatic rings. The molecule has 16 heavy (non-hydrogen) atoms. The third kappa shape index (κ3) is 3.05. The second kappa shape index (κ2) is 4.96. The summed E-state index contributed by atoms with van der Waals surface area (Å²) in [6.45, 7) is 8.57. The molecule has 0 heterocycles. The minimum Gasteiger partial charge on any atom is -0.507 e. The van der Waals surface area contributed by atoms with Crippen LogP contribution in [0.25, 0.3) is 0 Å². The molecule has 2 heteroatoms. The van der Waals surface area contributed by atoms with Crippen LogP contribution in [0.5, 0.6) is 5.75 Å². The van der Waals surface area contributed by atoms with Gasteiger partial charge in [0.05, 0.1) is 0 Å². The van der Waals surface area contributed by atoms with E-state index in [1.54, 1.807) is 6.07 Å². The lowest BCUT2D eigenvalue weighted by molar-refractivity contribution is 0.473. The van der Waals surface area contributed by atoms with Gasteiger partial charge in [-0.2, -0.15) is 0 Å². The second-order valence-corrected chi connectivity index (χ2v) is 5.65. The molecule has 1 N–H and O–H groups in total. The third-order valence-corrected chi connectivity index (χ3v) is 3.06. The van der Waals surface area contributed by atoms with Gasteiger partial charge in [0, 0.05) is 10.4 Å². The maximum absolute atomic E-state index is 9.81. The van der Waals surface area contributed by atoms with Crippen molar-refractivity contribution in [3.63, 3.8) is 0 Å². The van der Waals surface area contributed by atoms with Crippen molar-refractivity contribution in [2.75, 3.05) is 0 Å². The predicted octanol–water partition coefficient (Wildman–Crippen LogP) is 4.21. The standard InChI is InChI=1S/C14H20OS/c1-5-6-13(16)11-9-10(14(2,3)4)7-8-12(11)15/h7-9,15H,5-6H2,1-4H3. The SMILES string of the molecule is CCCC(=S)c1cc(C(C)(C)C)ccc1O. The van der Waals surface area contributed by atoms with Crippen LogP contribution in [0.15, 0.2) is 18.2 Å². The second-order valence-electron chi connectivity index (χ2n) is 5.16. The van der Waals surface area contributed by atoms with Crippen LogP contribution >= 0.6 is 12.2 Å². The van der Waals surface area contributed by atoms with Crippen LogP contribution < -0.4 is 0 Å². The maximum atomic E-state index is 9.81. The first kappa shape index (κ1) is 13.2. The minimum absolute atomic E-state index is 0.0876. The Morgan fingerprint density at radius 2 is 1.94 bits per heavy atom. The van der Waals surface area contributed by atoms with E-state index in [-0.39, 0.29) is 5.41 Å². The summed E-state index contributed by atoms with van der Waals surface area (Å²) in [6, 6.07) is 5.73. The molecule has 1 nitrogen and oxygen atoms in total. The number of phenols is 1. The van der Waals surface area contributed by atoms with Crippen LogP contribution in [0.3, 0.4) is 0 Å². The first-order chi connectivity index (χ1) is 7.36. The summed E-state index contributed by atoms with van der Waals surface area (Å²) in [5.74, 6) is 0.298. The van der Waals surface area contributed by atoms with Gasteiger partial charge in [0.25, 0.3) is 0 Å². The molecule has 1 aromatic carbocycles. The number of aromatic hydroxyl groups is 1. The molecule has 0 aliphatic heterocycles. The Labute approximate surface area is 104 Å². The molecule has 0 atom stereocenters. The summed E-state index contributed by atoms with van der Waals surface area (Å²) in [5, 5.41) is 9.81. The molecular formula is C14H20OS. The van der Waals surface area contributed by atoms with Crippen LogP contribution in [0, 0.1) is 0 Å². The fourth-order valence-electron chi connectivity index (χ4n) is 1.59. The zero-order valence-corrected chi connectivity index (χ0v) is 11.3. The van der Waals surface area contributed by atoms with Gasteiger partial charge in [-0.05, 0) is 29.5 Å². The molecule has 0 unspecified atom stereocenters. The topological polar surface area (TPSA) is 20.2 Å². The van der Waals surface area contributed by atoms with Gasteiger partial charge in [0.1, 0.15) is 5.75 Å². The van der Waals surface area contributed by atoms with Crippen LogP contribution in [0.2, 0.25) is 0 Å². The third-order valence-electron chi connectivity index (χ3n) is 2.64. The Morgan fingerprint density at radius 3 is 2.44 bits per heavy atom. The van der Waals surface area contributed by atoms with E-state index in [9.17, 15) is 5.11 Å². The van der Waals surface area contributed by atoms with E-state index in [0.717, 1.165) is 23.3 Å². The van der Waals surface area contributed by atoms with E-state index in [1.165, 1.54) is 5.56 Å². The summed E-state index contributed by atoms with van der Waals surface area (Å²) in [5.41, 5.74) is 2.12. The zero-order valence-electron chi connectivity index (χ0n) is 10.5. The van der Waals surface area contributed by atoms with Gasteiger partial charge in [0.2, 0.25) is 0 Å². The molecule has 88 valence electrons. The summed E-state index contributed by atoms with van der Waals surface area (Å²) >= 11 is 5.33. The first-order valence-corrected chi connectivity index (χ1v) is 6.13. The quantitative estimate of drug-likeness (QED) is 0.626. The van der Waals surface area contributed by atoms with Gasteiger partial charge in [0.15, 0.2) is 0 Å². The molecule has 1 rings (SSSR count). The normalized spacial score (nSPS) is 11.5. The molecule has 0 saturated carbocycles. The van der Waals surface area contributed by atoms with E-state index < -0.39 is 0 Å². The van der Waals surface area contributed by atoms with Gasteiger partial charge < -0.3 is 5.11 Å². The van der Waals surface area contributed by atoms with Gasteiger partial charge in [-0.25, -0.2) is 0 Å². The first-order valence-electron chi connectivity index (χ1n) is 5.73. The van der Waals surface area contributed by atoms with Crippen molar-refractivity contribution in [2.24, 2.45) is 0 Å². The van der Waals surface area contributed by atoms with Crippen molar-refractivity contribution in [3.05, 3.63) is 29.3 Å². The number of rotatable bonds is 3. The summed E-state index contributed by atoms with van der Waals surface area (Å²) < 4.78 is 0. The maximum Gasteiger partial charge on any atom is 0.123 e. The van der Waals surface area contributed by atoms with Crippen molar-refractivity contribution in [1.29, 1.82) is 0 Å². The zero-order chi connectivity index (χ0) is 12.3. The van der Waals surface area contributed by atoms with Crippen LogP contribution in [-0.4, -0.2) is 9.97 Å². The highest BCUT2D eigenvalue weighted by atomic mass is 32.1. The molecule has 0 radical (unpaired) electrons. The lowest BCUT2D eigenvalue weighted by atomic mass is 9.85. The molecule has 0 amide bonds. The summed E-state index contributed by atoms with van der Waals surface area (Å²) in [4.78, 5) is 0.853. The fourth-order valence-corrected chi connectivity index (χ4v) is 1.96. The van der Waals surface area contributed by atoms with Gasteiger partial charge in [-0.15, -0.1) is 0 Å². The number of benzene rings is 1. The van der Waals surface area contributed by atoms with E-state index >= 15 is 0 Å². The largest absolute Gasteiger partial charge is 0.507 e. The Balaban J connectivity index is 3.14. The van der Waals surface area contributed by atoms with E-state index in [2.05, 4.69) is 27.7 Å². The molecule has 1 aromatic rings. The fraction of sp³-hybridized carbons (Fsp3) is 0.500. The lowest BCUT2D eigenvalue weighted by Crippen LogP contribution is -2.12. The van der Waals surface area contributed by atoms with Crippen molar-refractivity contribution in [1.82, 2.24) is 0 Å². The lowest BCUT2D eigenvalue weighted by Gasteiger charge is -2.20. The average Bonchev–Trinajstić information content (AvgIpc) is 2.16. The smallest absolute Gasteiger partial charge is 0.123 e. The van der Waals surface area contributed by atoms with Crippen molar-refractivity contribution in [2.45, 2.75) is 46.0 Å². The Hall–Kier alpha value is -0.890. The van der Waals surface area contributed by atoms with E-state index in [0.29, 0.717) is 5.75 Å². The van der Waals surface area contributed by atoms with E-state index in [1.807, 2.05) is 12.1 Å². The van der Waals surface area contributed by atoms with Crippen molar-refractivity contribution >= 4 is 17.1 Å². The number of hydrogen-bond acceptors (Lipinski definition) is 2. The van der Waals surface area contributed by atoms with Crippen LogP contribution in [0.1, 0.15) is 51.7 Å². The number of thiocarbonyl (C=S) groups is 1. The minimum atomic E-state index is 0.0876. The van der Waals surface area contributed by atoms with Crippen LogP contribution in [-0.2, 0) is 5.41 Å². The van der Waals surface area contributed by atoms with Gasteiger partial charge in [-0.3, -0.25) is 0 Å². The highest BCUT2D eigenvalue weighted by Gasteiger charge is 2.16. The van der Waals surface area contributed by atoms with Crippen molar-refractivity contribution in [3.8, 4) is 5.75 Å². The Morgan fingerprint density at radius 1 is 1.31 bits per heavy atom. The summed E-state index contributed by atoms with van der Waals surface area (Å²) in [6.07, 6.45) is 1.87. The molecule has 0 fully saturated rings. The molecule has 0 aromatic heterocycles. The highest BCUT2D eigenvalue weighted by Crippen LogP contribution is 2.28. The molecule has 0 bridgehead atoms. The number of phenolic OH excluding ortho intramolecular Hbond substituents is 1. The molecular weight excluding hydrogens is 216 g/mol. The van der Waals surface area contributed by atoms with Crippen molar-refractivity contribution < 1.29 is 5.11 Å². The molecule has 0 spiro atoms. The molecule has 0 aliphatic carbocycles. The van der Waals surface area contributed by atoms with Crippen LogP contribution in [0.4, 0.5) is 0 Å².